The van der Waals surface area contributed by atoms with E-state index in [2.05, 4.69) is 0 Å². The molecule has 0 N–H and O–H groups in total. The van der Waals surface area contributed by atoms with Crippen molar-refractivity contribution in [2.24, 2.45) is 0 Å². The molecule has 0 aliphatic rings. The molecular formula is C9H5F4. The lowest BCUT2D eigenvalue weighted by Crippen LogP contribution is -2.10. The van der Waals surface area contributed by atoms with Crippen LogP contribution in [0.3, 0.4) is 0 Å². The molecule has 1 rings (SSSR count). The van der Waals surface area contributed by atoms with Crippen molar-refractivity contribution in [1.29, 1.82) is 0 Å². The summed E-state index contributed by atoms with van der Waals surface area (Å²) in [7, 11) is 0. The molecule has 0 fully saturated rings. The SMILES string of the molecule is F/[C]=C(\c1ccccc1)C(F)(F)F. The van der Waals surface area contributed by atoms with Gasteiger partial charge in [0.05, 0.1) is 0 Å². The van der Waals surface area contributed by atoms with E-state index in [1.165, 1.54) is 24.3 Å². The molecule has 0 unspecified atom stereocenters. The molecule has 0 atom stereocenters. The Morgan fingerprint density at radius 2 is 1.62 bits per heavy atom. The first-order valence-corrected chi connectivity index (χ1v) is 3.42. The maximum Gasteiger partial charge on any atom is 0.419 e. The Labute approximate surface area is 72.5 Å². The molecule has 69 valence electrons. The topological polar surface area (TPSA) is 0 Å². The summed E-state index contributed by atoms with van der Waals surface area (Å²) in [5, 5.41) is 0. The van der Waals surface area contributed by atoms with Gasteiger partial charge in [0.25, 0.3) is 0 Å². The predicted octanol–water partition coefficient (Wildman–Crippen LogP) is 3.36. The van der Waals surface area contributed by atoms with Crippen molar-refractivity contribution < 1.29 is 17.6 Å². The van der Waals surface area contributed by atoms with Crippen molar-refractivity contribution in [3.8, 4) is 0 Å². The van der Waals surface area contributed by atoms with Gasteiger partial charge in [-0.25, -0.2) is 4.39 Å². The fourth-order valence-corrected chi connectivity index (χ4v) is 0.877. The van der Waals surface area contributed by atoms with Gasteiger partial charge in [-0.1, -0.05) is 30.3 Å². The van der Waals surface area contributed by atoms with Crippen LogP contribution >= 0.6 is 0 Å². The van der Waals surface area contributed by atoms with Gasteiger partial charge in [-0.15, -0.1) is 0 Å². The zero-order valence-corrected chi connectivity index (χ0v) is 6.40. The second-order valence-electron chi connectivity index (χ2n) is 2.33. The molecule has 1 radical (unpaired) electrons. The first kappa shape index (κ1) is 9.77. The highest BCUT2D eigenvalue weighted by Gasteiger charge is 2.35. The number of hydrogen-bond donors (Lipinski definition) is 0. The molecule has 0 saturated heterocycles. The molecule has 0 nitrogen and oxygen atoms in total. The Kier molecular flexibility index (Phi) is 2.70. The van der Waals surface area contributed by atoms with Crippen LogP contribution < -0.4 is 0 Å². The molecule has 0 spiro atoms. The van der Waals surface area contributed by atoms with Crippen molar-refractivity contribution in [3.63, 3.8) is 0 Å². The Balaban J connectivity index is 3.08. The highest BCUT2D eigenvalue weighted by molar-refractivity contribution is 5.66. The molecule has 13 heavy (non-hydrogen) atoms. The number of halogens is 4. The van der Waals surface area contributed by atoms with E-state index in [1.54, 1.807) is 6.07 Å². The van der Waals surface area contributed by atoms with E-state index in [0.29, 0.717) is 6.33 Å². The van der Waals surface area contributed by atoms with Crippen molar-refractivity contribution in [2.45, 2.75) is 6.18 Å². The maximum atomic E-state index is 12.1. The highest BCUT2D eigenvalue weighted by Crippen LogP contribution is 2.33. The Bertz CT molecular complexity index is 297. The van der Waals surface area contributed by atoms with Gasteiger partial charge < -0.3 is 0 Å². The van der Waals surface area contributed by atoms with Crippen LogP contribution in [0.1, 0.15) is 5.56 Å². The molecule has 0 bridgehead atoms. The summed E-state index contributed by atoms with van der Waals surface area (Å²) in [6.07, 6.45) is -4.05. The summed E-state index contributed by atoms with van der Waals surface area (Å²) in [5.41, 5.74) is -1.61. The zero-order valence-electron chi connectivity index (χ0n) is 6.40. The molecule has 0 heterocycles. The third-order valence-electron chi connectivity index (χ3n) is 1.44. The quantitative estimate of drug-likeness (QED) is 0.594. The third kappa shape index (κ3) is 2.31. The van der Waals surface area contributed by atoms with Crippen LogP contribution in [0.15, 0.2) is 30.3 Å². The van der Waals surface area contributed by atoms with E-state index in [0.717, 1.165) is 0 Å². The molecule has 0 aliphatic heterocycles. The highest BCUT2D eigenvalue weighted by atomic mass is 19.4. The summed E-state index contributed by atoms with van der Waals surface area (Å²) in [5.74, 6) is 0. The van der Waals surface area contributed by atoms with Gasteiger partial charge in [0.1, 0.15) is 5.57 Å². The summed E-state index contributed by atoms with van der Waals surface area (Å²) >= 11 is 0. The fraction of sp³-hybridized carbons (Fsp3) is 0.111. The standard InChI is InChI=1S/C9H5F4/c10-6-8(9(11,12)13)7-4-2-1-3-5-7/h1-5H. The van der Waals surface area contributed by atoms with Crippen LogP contribution in [0.5, 0.6) is 0 Å². The normalized spacial score (nSPS) is 13.1. The number of allylic oxidation sites excluding steroid dienone is 1. The summed E-state index contributed by atoms with van der Waals surface area (Å²) in [6, 6.07) is 6.71. The number of alkyl halides is 3. The minimum Gasteiger partial charge on any atom is -0.203 e. The van der Waals surface area contributed by atoms with E-state index < -0.39 is 11.7 Å². The lowest BCUT2D eigenvalue weighted by atomic mass is 10.1. The smallest absolute Gasteiger partial charge is 0.203 e. The van der Waals surface area contributed by atoms with Gasteiger partial charge in [-0.05, 0) is 5.56 Å². The van der Waals surface area contributed by atoms with Gasteiger partial charge in [-0.2, -0.15) is 13.2 Å². The largest absolute Gasteiger partial charge is 0.419 e. The first-order valence-electron chi connectivity index (χ1n) is 3.42. The number of rotatable bonds is 1. The van der Waals surface area contributed by atoms with E-state index in [9.17, 15) is 17.6 Å². The van der Waals surface area contributed by atoms with Gasteiger partial charge in [-0.3, -0.25) is 0 Å². The second kappa shape index (κ2) is 3.60. The Morgan fingerprint density at radius 3 is 2.00 bits per heavy atom. The van der Waals surface area contributed by atoms with E-state index in [-0.39, 0.29) is 5.56 Å². The minimum atomic E-state index is -4.70. The average molecular weight is 189 g/mol. The second-order valence-corrected chi connectivity index (χ2v) is 2.33. The van der Waals surface area contributed by atoms with E-state index in [4.69, 9.17) is 0 Å². The van der Waals surface area contributed by atoms with Gasteiger partial charge in [0, 0.05) is 0 Å². The van der Waals surface area contributed by atoms with Crippen LogP contribution in [0, 0.1) is 6.33 Å². The maximum absolute atomic E-state index is 12.1. The predicted molar refractivity (Wildman–Crippen MR) is 40.3 cm³/mol. The molecule has 0 aliphatic carbocycles. The molecule has 0 saturated carbocycles. The molecule has 0 aromatic heterocycles. The van der Waals surface area contributed by atoms with Crippen LogP contribution in [0.25, 0.3) is 5.57 Å². The first-order chi connectivity index (χ1) is 6.05. The Hall–Kier alpha value is -1.32. The molecular weight excluding hydrogens is 184 g/mol. The molecule has 1 aromatic carbocycles. The van der Waals surface area contributed by atoms with Crippen LogP contribution in [-0.4, -0.2) is 6.18 Å². The Morgan fingerprint density at radius 1 is 1.08 bits per heavy atom. The van der Waals surface area contributed by atoms with Crippen molar-refractivity contribution >= 4 is 5.57 Å². The van der Waals surface area contributed by atoms with E-state index >= 15 is 0 Å². The summed E-state index contributed by atoms with van der Waals surface area (Å²) in [6.45, 7) is 0. The summed E-state index contributed by atoms with van der Waals surface area (Å²) in [4.78, 5) is 0. The van der Waals surface area contributed by atoms with Crippen LogP contribution in [0.2, 0.25) is 0 Å². The van der Waals surface area contributed by atoms with Crippen molar-refractivity contribution in [3.05, 3.63) is 42.2 Å². The summed E-state index contributed by atoms with van der Waals surface area (Å²) < 4.78 is 48.0. The minimum absolute atomic E-state index is 0.225. The lowest BCUT2D eigenvalue weighted by molar-refractivity contribution is -0.0699. The van der Waals surface area contributed by atoms with Gasteiger partial charge in [0.15, 0.2) is 6.33 Å². The number of benzene rings is 1. The monoisotopic (exact) mass is 189 g/mol. The lowest BCUT2D eigenvalue weighted by Gasteiger charge is -2.08. The molecule has 4 heteroatoms. The van der Waals surface area contributed by atoms with Crippen molar-refractivity contribution in [1.82, 2.24) is 0 Å². The van der Waals surface area contributed by atoms with Gasteiger partial charge in [0.2, 0.25) is 0 Å². The molecule has 1 aromatic rings. The van der Waals surface area contributed by atoms with Gasteiger partial charge >= 0.3 is 6.18 Å². The van der Waals surface area contributed by atoms with Crippen LogP contribution in [-0.2, 0) is 0 Å². The van der Waals surface area contributed by atoms with E-state index in [1.807, 2.05) is 0 Å². The van der Waals surface area contributed by atoms with Crippen molar-refractivity contribution in [2.75, 3.05) is 0 Å². The molecule has 0 amide bonds. The third-order valence-corrected chi connectivity index (χ3v) is 1.44. The van der Waals surface area contributed by atoms with Crippen LogP contribution in [0.4, 0.5) is 17.6 Å². The fourth-order valence-electron chi connectivity index (χ4n) is 0.877. The average Bonchev–Trinajstić information content (AvgIpc) is 2.05. The number of hydrogen-bond acceptors (Lipinski definition) is 0. The zero-order chi connectivity index (χ0) is 9.90.